The summed E-state index contributed by atoms with van der Waals surface area (Å²) in [5.74, 6) is 0.660. The van der Waals surface area contributed by atoms with Gasteiger partial charge in [0.2, 0.25) is 0 Å². The zero-order chi connectivity index (χ0) is 17.0. The Labute approximate surface area is 136 Å². The number of nitro groups is 1. The third kappa shape index (κ3) is 6.26. The van der Waals surface area contributed by atoms with Crippen molar-refractivity contribution in [1.82, 2.24) is 5.32 Å². The maximum atomic E-state index is 12.0. The van der Waals surface area contributed by atoms with Crippen molar-refractivity contribution in [1.29, 1.82) is 0 Å². The van der Waals surface area contributed by atoms with Crippen molar-refractivity contribution in [2.45, 2.75) is 58.1 Å². The van der Waals surface area contributed by atoms with Crippen LogP contribution in [-0.4, -0.2) is 22.7 Å². The molecule has 0 heterocycles. The number of carbonyl (C=O) groups is 1. The summed E-state index contributed by atoms with van der Waals surface area (Å²) in [7, 11) is 0. The van der Waals surface area contributed by atoms with E-state index in [9.17, 15) is 14.9 Å². The third-order valence-corrected chi connectivity index (χ3v) is 3.66. The van der Waals surface area contributed by atoms with Gasteiger partial charge >= 0.3 is 6.09 Å². The number of alkyl carbamates (subject to hydrolysis) is 1. The highest BCUT2D eigenvalue weighted by Gasteiger charge is 2.27. The lowest BCUT2D eigenvalue weighted by Crippen LogP contribution is -2.40. The molecule has 1 saturated carbocycles. The minimum Gasteiger partial charge on any atom is -0.444 e. The number of carbonyl (C=O) groups excluding carboxylic acids is 1. The van der Waals surface area contributed by atoms with Crippen molar-refractivity contribution in [3.63, 3.8) is 0 Å². The predicted molar refractivity (Wildman–Crippen MR) is 87.3 cm³/mol. The van der Waals surface area contributed by atoms with E-state index >= 15 is 0 Å². The van der Waals surface area contributed by atoms with E-state index in [0.29, 0.717) is 12.3 Å². The molecule has 1 N–H and O–H groups in total. The zero-order valence-corrected chi connectivity index (χ0v) is 13.9. The second kappa shape index (κ2) is 6.98. The molecule has 0 aliphatic heterocycles. The zero-order valence-electron chi connectivity index (χ0n) is 13.9. The van der Waals surface area contributed by atoms with Crippen LogP contribution in [0, 0.1) is 16.0 Å². The second-order valence-electron chi connectivity index (χ2n) is 7.15. The maximum absolute atomic E-state index is 12.0. The van der Waals surface area contributed by atoms with Crippen LogP contribution in [0.15, 0.2) is 24.3 Å². The standard InChI is InChI=1S/C17H24N2O4/c1-17(2,3)23-16(20)18-14(10-12-4-5-12)11-13-6-8-15(9-7-13)19(21)22/h6-9,12,14H,4-5,10-11H2,1-3H3,(H,18,20). The first-order valence-electron chi connectivity index (χ1n) is 7.96. The Morgan fingerprint density at radius 1 is 1.35 bits per heavy atom. The van der Waals surface area contributed by atoms with E-state index in [1.165, 1.54) is 25.0 Å². The summed E-state index contributed by atoms with van der Waals surface area (Å²) in [5.41, 5.74) is 0.520. The molecular formula is C17H24N2O4. The van der Waals surface area contributed by atoms with Crippen molar-refractivity contribution in [3.05, 3.63) is 39.9 Å². The van der Waals surface area contributed by atoms with Crippen molar-refractivity contribution >= 4 is 11.8 Å². The van der Waals surface area contributed by atoms with Gasteiger partial charge in [0.1, 0.15) is 5.60 Å². The molecule has 1 aliphatic carbocycles. The van der Waals surface area contributed by atoms with Gasteiger partial charge in [-0.3, -0.25) is 10.1 Å². The number of nitrogens with zero attached hydrogens (tertiary/aromatic N) is 1. The quantitative estimate of drug-likeness (QED) is 0.638. The largest absolute Gasteiger partial charge is 0.444 e. The van der Waals surface area contributed by atoms with Gasteiger partial charge < -0.3 is 10.1 Å². The van der Waals surface area contributed by atoms with E-state index in [0.717, 1.165) is 12.0 Å². The van der Waals surface area contributed by atoms with Gasteiger partial charge in [-0.25, -0.2) is 4.79 Å². The van der Waals surface area contributed by atoms with Crippen LogP contribution in [0.3, 0.4) is 0 Å². The van der Waals surface area contributed by atoms with E-state index in [4.69, 9.17) is 4.74 Å². The van der Waals surface area contributed by atoms with Crippen LogP contribution in [0.1, 0.15) is 45.6 Å². The van der Waals surface area contributed by atoms with Crippen LogP contribution in [0.5, 0.6) is 0 Å². The summed E-state index contributed by atoms with van der Waals surface area (Å²) in [5, 5.41) is 13.6. The number of non-ortho nitro benzene ring substituents is 1. The fourth-order valence-corrected chi connectivity index (χ4v) is 2.46. The van der Waals surface area contributed by atoms with Gasteiger partial charge in [0.05, 0.1) is 4.92 Å². The van der Waals surface area contributed by atoms with Gasteiger partial charge in [-0.1, -0.05) is 25.0 Å². The molecule has 0 aromatic heterocycles. The number of benzene rings is 1. The van der Waals surface area contributed by atoms with E-state index < -0.39 is 16.6 Å². The second-order valence-corrected chi connectivity index (χ2v) is 7.15. The van der Waals surface area contributed by atoms with Crippen molar-refractivity contribution < 1.29 is 14.5 Å². The maximum Gasteiger partial charge on any atom is 0.407 e. The fraction of sp³-hybridized carbons (Fsp3) is 0.588. The first kappa shape index (κ1) is 17.2. The highest BCUT2D eigenvalue weighted by atomic mass is 16.6. The normalized spacial score (nSPS) is 15.8. The summed E-state index contributed by atoms with van der Waals surface area (Å²) in [4.78, 5) is 22.3. The topological polar surface area (TPSA) is 81.5 Å². The number of amides is 1. The fourth-order valence-electron chi connectivity index (χ4n) is 2.46. The Hall–Kier alpha value is -2.11. The molecule has 2 rings (SSSR count). The first-order valence-corrected chi connectivity index (χ1v) is 7.96. The summed E-state index contributed by atoms with van der Waals surface area (Å²) in [6.07, 6.45) is 3.55. The van der Waals surface area contributed by atoms with Gasteiger partial charge in [0.15, 0.2) is 0 Å². The lowest BCUT2D eigenvalue weighted by Gasteiger charge is -2.23. The summed E-state index contributed by atoms with van der Waals surface area (Å²) in [6, 6.07) is 6.47. The molecule has 23 heavy (non-hydrogen) atoms. The molecule has 0 radical (unpaired) electrons. The molecule has 1 atom stereocenters. The van der Waals surface area contributed by atoms with Gasteiger partial charge in [-0.15, -0.1) is 0 Å². The number of ether oxygens (including phenoxy) is 1. The molecule has 1 aromatic rings. The molecule has 1 amide bonds. The molecule has 1 aliphatic rings. The van der Waals surface area contributed by atoms with E-state index in [2.05, 4.69) is 5.32 Å². The number of nitro benzene ring substituents is 1. The molecule has 126 valence electrons. The Morgan fingerprint density at radius 3 is 2.43 bits per heavy atom. The Morgan fingerprint density at radius 2 is 1.96 bits per heavy atom. The molecule has 1 unspecified atom stereocenters. The van der Waals surface area contributed by atoms with E-state index in [1.54, 1.807) is 12.1 Å². The first-order chi connectivity index (χ1) is 10.7. The molecule has 6 heteroatoms. The van der Waals surface area contributed by atoms with Crippen molar-refractivity contribution in [2.75, 3.05) is 0 Å². The highest BCUT2D eigenvalue weighted by Crippen LogP contribution is 2.34. The van der Waals surface area contributed by atoms with Gasteiger partial charge in [-0.2, -0.15) is 0 Å². The molecule has 0 saturated heterocycles. The van der Waals surface area contributed by atoms with Crippen molar-refractivity contribution in [2.24, 2.45) is 5.92 Å². The van der Waals surface area contributed by atoms with Crippen LogP contribution >= 0.6 is 0 Å². The van der Waals surface area contributed by atoms with Crippen LogP contribution in [-0.2, 0) is 11.2 Å². The number of hydrogen-bond acceptors (Lipinski definition) is 4. The molecular weight excluding hydrogens is 296 g/mol. The van der Waals surface area contributed by atoms with Crippen LogP contribution in [0.4, 0.5) is 10.5 Å². The number of rotatable bonds is 6. The molecule has 1 fully saturated rings. The SMILES string of the molecule is CC(C)(C)OC(=O)NC(Cc1ccc([N+](=O)[O-])cc1)CC1CC1. The molecule has 6 nitrogen and oxygen atoms in total. The molecule has 1 aromatic carbocycles. The van der Waals surface area contributed by atoms with Gasteiger partial charge in [-0.05, 0) is 45.1 Å². The average Bonchev–Trinajstić information content (AvgIpc) is 3.20. The van der Waals surface area contributed by atoms with E-state index in [1.807, 2.05) is 20.8 Å². The molecule has 0 bridgehead atoms. The summed E-state index contributed by atoms with van der Waals surface area (Å²) in [6.45, 7) is 5.50. The minimum absolute atomic E-state index is 0.0150. The minimum atomic E-state index is -0.526. The third-order valence-electron chi connectivity index (χ3n) is 3.66. The lowest BCUT2D eigenvalue weighted by atomic mass is 10.0. The smallest absolute Gasteiger partial charge is 0.407 e. The average molecular weight is 320 g/mol. The summed E-state index contributed by atoms with van der Waals surface area (Å²) >= 11 is 0. The molecule has 0 spiro atoms. The Balaban J connectivity index is 1.97. The van der Waals surface area contributed by atoms with Gasteiger partial charge in [0, 0.05) is 18.2 Å². The lowest BCUT2D eigenvalue weighted by molar-refractivity contribution is -0.384. The number of hydrogen-bond donors (Lipinski definition) is 1. The predicted octanol–water partition coefficient (Wildman–Crippen LogP) is 3.83. The van der Waals surface area contributed by atoms with Crippen LogP contribution in [0.25, 0.3) is 0 Å². The van der Waals surface area contributed by atoms with Crippen LogP contribution in [0.2, 0.25) is 0 Å². The summed E-state index contributed by atoms with van der Waals surface area (Å²) < 4.78 is 5.32. The van der Waals surface area contributed by atoms with Crippen LogP contribution < -0.4 is 5.32 Å². The van der Waals surface area contributed by atoms with Gasteiger partial charge in [0.25, 0.3) is 5.69 Å². The Bertz CT molecular complexity index is 559. The van der Waals surface area contributed by atoms with E-state index in [-0.39, 0.29) is 11.7 Å². The van der Waals surface area contributed by atoms with Crippen molar-refractivity contribution in [3.8, 4) is 0 Å². The highest BCUT2D eigenvalue weighted by molar-refractivity contribution is 5.68. The number of nitrogens with one attached hydrogen (secondary N) is 1. The Kier molecular flexibility index (Phi) is 5.23. The monoisotopic (exact) mass is 320 g/mol.